The van der Waals surface area contributed by atoms with E-state index in [0.29, 0.717) is 18.7 Å². The number of aliphatic hydroxyl groups excluding tert-OH is 1. The first-order valence-corrected chi connectivity index (χ1v) is 5.84. The van der Waals surface area contributed by atoms with E-state index >= 15 is 0 Å². The van der Waals surface area contributed by atoms with Crippen LogP contribution in [0.5, 0.6) is 0 Å². The van der Waals surface area contributed by atoms with Crippen LogP contribution < -0.4 is 5.73 Å². The highest BCUT2D eigenvalue weighted by Gasteiger charge is 2.23. The number of anilines is 1. The van der Waals surface area contributed by atoms with Crippen LogP contribution >= 0.6 is 11.6 Å². The van der Waals surface area contributed by atoms with Crippen molar-refractivity contribution < 1.29 is 9.90 Å². The van der Waals surface area contributed by atoms with E-state index in [0.717, 1.165) is 12.8 Å². The molecule has 92 valence electrons. The van der Waals surface area contributed by atoms with Crippen LogP contribution in [0, 0.1) is 0 Å². The molecule has 0 saturated carbocycles. The number of hydrogen-bond donors (Lipinski definition) is 2. The van der Waals surface area contributed by atoms with Gasteiger partial charge in [-0.15, -0.1) is 0 Å². The molecule has 1 amide bonds. The van der Waals surface area contributed by atoms with E-state index in [1.165, 1.54) is 12.3 Å². The number of halogens is 1. The number of likely N-dealkylation sites (tertiary alicyclic amines) is 1. The summed E-state index contributed by atoms with van der Waals surface area (Å²) in [4.78, 5) is 17.5. The van der Waals surface area contributed by atoms with Gasteiger partial charge in [-0.1, -0.05) is 11.6 Å². The summed E-state index contributed by atoms with van der Waals surface area (Å²) >= 11 is 5.82. The molecule has 1 aliphatic heterocycles. The second-order valence-electron chi connectivity index (χ2n) is 4.14. The lowest BCUT2D eigenvalue weighted by atomic mass is 10.1. The van der Waals surface area contributed by atoms with Gasteiger partial charge in [0.15, 0.2) is 0 Å². The van der Waals surface area contributed by atoms with Gasteiger partial charge in [-0.25, -0.2) is 4.98 Å². The average molecular weight is 256 g/mol. The number of hydrogen-bond acceptors (Lipinski definition) is 4. The fraction of sp³-hybridized carbons (Fsp3) is 0.455. The van der Waals surface area contributed by atoms with Crippen molar-refractivity contribution in [2.45, 2.75) is 18.9 Å². The predicted octanol–water partition coefficient (Wildman–Crippen LogP) is 0.914. The number of nitrogen functional groups attached to an aromatic ring is 1. The number of pyridine rings is 1. The number of rotatable bonds is 1. The summed E-state index contributed by atoms with van der Waals surface area (Å²) in [5.74, 6) is 0.0417. The fourth-order valence-corrected chi connectivity index (χ4v) is 2.05. The first-order valence-electron chi connectivity index (χ1n) is 5.46. The molecule has 2 heterocycles. The van der Waals surface area contributed by atoms with Crippen molar-refractivity contribution in [1.82, 2.24) is 9.88 Å². The molecule has 2 rings (SSSR count). The number of amides is 1. The number of nitrogens with zero attached hydrogens (tertiary/aromatic N) is 2. The van der Waals surface area contributed by atoms with Crippen molar-refractivity contribution in [3.63, 3.8) is 0 Å². The number of aliphatic hydroxyl groups is 1. The van der Waals surface area contributed by atoms with Crippen molar-refractivity contribution in [2.75, 3.05) is 18.8 Å². The third kappa shape index (κ3) is 2.68. The highest BCUT2D eigenvalue weighted by molar-refractivity contribution is 6.33. The molecule has 1 aromatic rings. The Hall–Kier alpha value is -1.33. The predicted molar refractivity (Wildman–Crippen MR) is 64.8 cm³/mol. The lowest BCUT2D eigenvalue weighted by molar-refractivity contribution is 0.0473. The number of nitrogens with two attached hydrogens (primary N) is 1. The summed E-state index contributed by atoms with van der Waals surface area (Å²) in [6, 6.07) is 1.51. The van der Waals surface area contributed by atoms with Crippen molar-refractivity contribution >= 4 is 23.3 Å². The van der Waals surface area contributed by atoms with E-state index < -0.39 is 6.10 Å². The molecule has 17 heavy (non-hydrogen) atoms. The van der Waals surface area contributed by atoms with Crippen molar-refractivity contribution in [2.24, 2.45) is 0 Å². The molecule has 1 aromatic heterocycles. The number of carbonyl (C=O) groups excluding carboxylic acids is 1. The van der Waals surface area contributed by atoms with Crippen LogP contribution in [0.2, 0.25) is 5.02 Å². The Balaban J connectivity index is 2.15. The van der Waals surface area contributed by atoms with Gasteiger partial charge in [0.1, 0.15) is 5.82 Å². The summed E-state index contributed by atoms with van der Waals surface area (Å²) in [5, 5.41) is 9.79. The first kappa shape index (κ1) is 12.1. The maximum atomic E-state index is 12.1. The SMILES string of the molecule is Nc1ncc(C(=O)N2CCCC(O)C2)cc1Cl. The second-order valence-corrected chi connectivity index (χ2v) is 4.55. The van der Waals surface area contributed by atoms with Gasteiger partial charge in [0, 0.05) is 19.3 Å². The Morgan fingerprint density at radius 3 is 3.06 bits per heavy atom. The summed E-state index contributed by atoms with van der Waals surface area (Å²) < 4.78 is 0. The van der Waals surface area contributed by atoms with Crippen LogP contribution in [0.25, 0.3) is 0 Å². The number of piperidine rings is 1. The highest BCUT2D eigenvalue weighted by atomic mass is 35.5. The Kier molecular flexibility index (Phi) is 3.49. The highest BCUT2D eigenvalue weighted by Crippen LogP contribution is 2.19. The van der Waals surface area contributed by atoms with Gasteiger partial charge in [-0.05, 0) is 18.9 Å². The molecular weight excluding hydrogens is 242 g/mol. The largest absolute Gasteiger partial charge is 0.391 e. The minimum atomic E-state index is -0.440. The quantitative estimate of drug-likeness (QED) is 0.782. The number of β-amino-alcohol motifs (C(OH)–C–C–N with tert-alkyl or cyclic N) is 1. The van der Waals surface area contributed by atoms with Gasteiger partial charge >= 0.3 is 0 Å². The van der Waals surface area contributed by atoms with Crippen molar-refractivity contribution in [3.05, 3.63) is 22.8 Å². The molecule has 3 N–H and O–H groups in total. The maximum Gasteiger partial charge on any atom is 0.255 e. The molecule has 5 nitrogen and oxygen atoms in total. The maximum absolute atomic E-state index is 12.1. The van der Waals surface area contributed by atoms with Gasteiger partial charge in [0.2, 0.25) is 0 Å². The van der Waals surface area contributed by atoms with Crippen LogP contribution in [0.15, 0.2) is 12.3 Å². The molecular formula is C11H14ClN3O2. The van der Waals surface area contributed by atoms with Gasteiger partial charge in [0.05, 0.1) is 16.7 Å². The van der Waals surface area contributed by atoms with E-state index in [2.05, 4.69) is 4.98 Å². The standard InChI is InChI=1S/C11H14ClN3O2/c12-9-4-7(5-14-10(9)13)11(17)15-3-1-2-8(16)6-15/h4-5,8,16H,1-3,6H2,(H2,13,14). The van der Waals surface area contributed by atoms with Gasteiger partial charge in [-0.2, -0.15) is 0 Å². The lowest BCUT2D eigenvalue weighted by Gasteiger charge is -2.30. The zero-order chi connectivity index (χ0) is 12.4. The Morgan fingerprint density at radius 1 is 1.65 bits per heavy atom. The molecule has 0 spiro atoms. The lowest BCUT2D eigenvalue weighted by Crippen LogP contribution is -2.42. The second kappa shape index (κ2) is 4.89. The van der Waals surface area contributed by atoms with E-state index in [-0.39, 0.29) is 16.7 Å². The van der Waals surface area contributed by atoms with Crippen LogP contribution in [0.1, 0.15) is 23.2 Å². The van der Waals surface area contributed by atoms with Gasteiger partial charge in [0.25, 0.3) is 5.91 Å². The molecule has 1 unspecified atom stereocenters. The summed E-state index contributed by atoms with van der Waals surface area (Å²) in [7, 11) is 0. The molecule has 1 fully saturated rings. The molecule has 0 bridgehead atoms. The Bertz CT molecular complexity index is 439. The van der Waals surface area contributed by atoms with E-state index in [1.54, 1.807) is 4.90 Å². The third-order valence-corrected chi connectivity index (χ3v) is 3.10. The van der Waals surface area contributed by atoms with Crippen LogP contribution in [0.3, 0.4) is 0 Å². The molecule has 0 aromatic carbocycles. The zero-order valence-electron chi connectivity index (χ0n) is 9.27. The first-order chi connectivity index (χ1) is 8.08. The molecule has 1 saturated heterocycles. The fourth-order valence-electron chi connectivity index (χ4n) is 1.89. The van der Waals surface area contributed by atoms with Gasteiger partial charge < -0.3 is 15.7 Å². The summed E-state index contributed by atoms with van der Waals surface area (Å²) in [6.07, 6.45) is 2.52. The molecule has 1 atom stereocenters. The average Bonchev–Trinajstić information content (AvgIpc) is 2.32. The molecule has 0 aliphatic carbocycles. The molecule has 0 radical (unpaired) electrons. The minimum Gasteiger partial charge on any atom is -0.391 e. The third-order valence-electron chi connectivity index (χ3n) is 2.80. The Morgan fingerprint density at radius 2 is 2.41 bits per heavy atom. The summed E-state index contributed by atoms with van der Waals surface area (Å²) in [6.45, 7) is 1.01. The van der Waals surface area contributed by atoms with Crippen molar-refractivity contribution in [3.8, 4) is 0 Å². The molecule has 6 heteroatoms. The Labute approximate surface area is 104 Å². The van der Waals surface area contributed by atoms with Crippen molar-refractivity contribution in [1.29, 1.82) is 0 Å². The normalized spacial score (nSPS) is 20.4. The topological polar surface area (TPSA) is 79.5 Å². The smallest absolute Gasteiger partial charge is 0.255 e. The zero-order valence-corrected chi connectivity index (χ0v) is 10.0. The molecule has 1 aliphatic rings. The van der Waals surface area contributed by atoms with Gasteiger partial charge in [-0.3, -0.25) is 4.79 Å². The van der Waals surface area contributed by atoms with E-state index in [4.69, 9.17) is 17.3 Å². The van der Waals surface area contributed by atoms with Crippen LogP contribution in [0.4, 0.5) is 5.82 Å². The van der Waals surface area contributed by atoms with Crippen LogP contribution in [-0.4, -0.2) is 40.1 Å². The monoisotopic (exact) mass is 255 g/mol. The van der Waals surface area contributed by atoms with E-state index in [1.807, 2.05) is 0 Å². The minimum absolute atomic E-state index is 0.168. The summed E-state index contributed by atoms with van der Waals surface area (Å²) in [5.41, 5.74) is 5.88. The number of aromatic nitrogens is 1. The van der Waals surface area contributed by atoms with Crippen LogP contribution in [-0.2, 0) is 0 Å². The number of carbonyl (C=O) groups is 1. The van der Waals surface area contributed by atoms with E-state index in [9.17, 15) is 9.90 Å².